The second-order valence-corrected chi connectivity index (χ2v) is 3.15. The second kappa shape index (κ2) is 5.01. The maximum absolute atomic E-state index is 12.4. The molecule has 16 heavy (non-hydrogen) atoms. The van der Waals surface area contributed by atoms with Gasteiger partial charge in [0.15, 0.2) is 0 Å². The lowest BCUT2D eigenvalue weighted by atomic mass is 10.0. The Kier molecular flexibility index (Phi) is 3.93. The predicted molar refractivity (Wildman–Crippen MR) is 55.3 cm³/mol. The molecule has 0 radical (unpaired) electrons. The lowest BCUT2D eigenvalue weighted by Crippen LogP contribution is -2.07. The van der Waals surface area contributed by atoms with Crippen molar-refractivity contribution >= 4 is 5.71 Å². The van der Waals surface area contributed by atoms with Crippen LogP contribution in [-0.4, -0.2) is 12.8 Å². The van der Waals surface area contributed by atoms with Crippen molar-refractivity contribution in [2.24, 2.45) is 5.16 Å². The topological polar surface area (TPSA) is 21.6 Å². The van der Waals surface area contributed by atoms with E-state index in [-0.39, 0.29) is 0 Å². The smallest absolute Gasteiger partial charge is 0.399 e. The summed E-state index contributed by atoms with van der Waals surface area (Å²) in [7, 11) is 1.36. The van der Waals surface area contributed by atoms with Gasteiger partial charge in [0.05, 0.1) is 11.3 Å². The fourth-order valence-corrected chi connectivity index (χ4v) is 1.31. The van der Waals surface area contributed by atoms with E-state index < -0.39 is 11.7 Å². The third-order valence-corrected chi connectivity index (χ3v) is 2.06. The molecule has 1 aromatic rings. The largest absolute Gasteiger partial charge is 0.416 e. The first-order valence-electron chi connectivity index (χ1n) is 4.76. The average molecular weight is 231 g/mol. The first kappa shape index (κ1) is 12.5. The standard InChI is InChI=1S/C11H12F3NO/c1-3-10(15-16-2)8-5-4-6-9(7-8)11(12,13)14/h4-7H,3H2,1-2H3. The Balaban J connectivity index is 3.12. The third kappa shape index (κ3) is 2.98. The molecule has 0 atom stereocenters. The van der Waals surface area contributed by atoms with Gasteiger partial charge in [-0.1, -0.05) is 24.2 Å². The van der Waals surface area contributed by atoms with Gasteiger partial charge in [0.1, 0.15) is 7.11 Å². The summed E-state index contributed by atoms with van der Waals surface area (Å²) in [6.45, 7) is 1.80. The summed E-state index contributed by atoms with van der Waals surface area (Å²) in [6.07, 6.45) is -3.82. The summed E-state index contributed by atoms with van der Waals surface area (Å²) in [4.78, 5) is 4.58. The van der Waals surface area contributed by atoms with Crippen LogP contribution in [0.1, 0.15) is 24.5 Å². The Morgan fingerprint density at radius 3 is 2.56 bits per heavy atom. The van der Waals surface area contributed by atoms with E-state index in [0.29, 0.717) is 17.7 Å². The molecule has 5 heteroatoms. The highest BCUT2D eigenvalue weighted by Crippen LogP contribution is 2.29. The molecule has 0 spiro atoms. The van der Waals surface area contributed by atoms with Gasteiger partial charge in [0, 0.05) is 0 Å². The van der Waals surface area contributed by atoms with Gasteiger partial charge in [-0.25, -0.2) is 0 Å². The summed E-state index contributed by atoms with van der Waals surface area (Å²) in [5, 5.41) is 3.69. The van der Waals surface area contributed by atoms with E-state index in [1.807, 2.05) is 0 Å². The van der Waals surface area contributed by atoms with Crippen molar-refractivity contribution in [2.75, 3.05) is 7.11 Å². The van der Waals surface area contributed by atoms with Crippen molar-refractivity contribution in [3.8, 4) is 0 Å². The van der Waals surface area contributed by atoms with Gasteiger partial charge in [-0.3, -0.25) is 0 Å². The molecule has 1 rings (SSSR count). The van der Waals surface area contributed by atoms with Crippen LogP contribution in [0.2, 0.25) is 0 Å². The molecule has 0 fully saturated rings. The Labute approximate surface area is 91.7 Å². The number of hydrogen-bond donors (Lipinski definition) is 0. The number of hydrogen-bond acceptors (Lipinski definition) is 2. The lowest BCUT2D eigenvalue weighted by Gasteiger charge is -2.09. The Bertz CT molecular complexity index is 385. The van der Waals surface area contributed by atoms with Crippen molar-refractivity contribution in [3.63, 3.8) is 0 Å². The summed E-state index contributed by atoms with van der Waals surface area (Å²) in [5.41, 5.74) is 0.245. The van der Waals surface area contributed by atoms with Gasteiger partial charge in [-0.15, -0.1) is 0 Å². The molecule has 0 aliphatic heterocycles. The van der Waals surface area contributed by atoms with Crippen molar-refractivity contribution in [1.29, 1.82) is 0 Å². The van der Waals surface area contributed by atoms with E-state index in [2.05, 4.69) is 9.99 Å². The molecule has 0 aliphatic carbocycles. The van der Waals surface area contributed by atoms with Gasteiger partial charge < -0.3 is 4.84 Å². The minimum absolute atomic E-state index is 0.430. The van der Waals surface area contributed by atoms with Gasteiger partial charge in [0.25, 0.3) is 0 Å². The van der Waals surface area contributed by atoms with Crippen LogP contribution in [0.5, 0.6) is 0 Å². The fraction of sp³-hybridized carbons (Fsp3) is 0.364. The van der Waals surface area contributed by atoms with Crippen LogP contribution in [0.25, 0.3) is 0 Å². The van der Waals surface area contributed by atoms with Crippen LogP contribution in [0.4, 0.5) is 13.2 Å². The molecule has 2 nitrogen and oxygen atoms in total. The molecule has 0 aromatic heterocycles. The fourth-order valence-electron chi connectivity index (χ4n) is 1.31. The van der Waals surface area contributed by atoms with Crippen LogP contribution >= 0.6 is 0 Å². The summed E-state index contributed by atoms with van der Waals surface area (Å²) < 4.78 is 37.3. The number of alkyl halides is 3. The minimum atomic E-state index is -4.33. The molecule has 0 aliphatic rings. The van der Waals surface area contributed by atoms with Gasteiger partial charge in [-0.05, 0) is 24.1 Å². The highest BCUT2D eigenvalue weighted by molar-refractivity contribution is 6.00. The van der Waals surface area contributed by atoms with Gasteiger partial charge in [-0.2, -0.15) is 13.2 Å². The third-order valence-electron chi connectivity index (χ3n) is 2.06. The Morgan fingerprint density at radius 2 is 2.06 bits per heavy atom. The summed E-state index contributed by atoms with van der Waals surface area (Å²) in [6, 6.07) is 5.04. The van der Waals surface area contributed by atoms with Crippen LogP contribution in [-0.2, 0) is 11.0 Å². The zero-order chi connectivity index (χ0) is 12.2. The number of halogens is 3. The molecule has 0 heterocycles. The molecule has 88 valence electrons. The Hall–Kier alpha value is -1.52. The van der Waals surface area contributed by atoms with E-state index in [4.69, 9.17) is 0 Å². The van der Waals surface area contributed by atoms with Crippen molar-refractivity contribution in [1.82, 2.24) is 0 Å². The lowest BCUT2D eigenvalue weighted by molar-refractivity contribution is -0.137. The maximum atomic E-state index is 12.4. The first-order chi connectivity index (χ1) is 7.49. The number of nitrogens with zero attached hydrogens (tertiary/aromatic N) is 1. The van der Waals surface area contributed by atoms with Crippen LogP contribution in [0.15, 0.2) is 29.4 Å². The van der Waals surface area contributed by atoms with E-state index in [1.54, 1.807) is 13.0 Å². The van der Waals surface area contributed by atoms with E-state index >= 15 is 0 Å². The molecule has 0 saturated heterocycles. The second-order valence-electron chi connectivity index (χ2n) is 3.15. The zero-order valence-corrected chi connectivity index (χ0v) is 9.01. The van der Waals surface area contributed by atoms with E-state index in [1.165, 1.54) is 13.2 Å². The molecular weight excluding hydrogens is 219 g/mol. The van der Waals surface area contributed by atoms with E-state index in [0.717, 1.165) is 12.1 Å². The van der Waals surface area contributed by atoms with Crippen molar-refractivity contribution in [3.05, 3.63) is 35.4 Å². The highest BCUT2D eigenvalue weighted by atomic mass is 19.4. The quantitative estimate of drug-likeness (QED) is 0.576. The summed E-state index contributed by atoms with van der Waals surface area (Å²) in [5.74, 6) is 0. The van der Waals surface area contributed by atoms with Gasteiger partial charge in [0.2, 0.25) is 0 Å². The zero-order valence-electron chi connectivity index (χ0n) is 9.01. The highest BCUT2D eigenvalue weighted by Gasteiger charge is 2.30. The molecule has 0 saturated carbocycles. The van der Waals surface area contributed by atoms with Crippen molar-refractivity contribution < 1.29 is 18.0 Å². The average Bonchev–Trinajstić information content (AvgIpc) is 2.25. The maximum Gasteiger partial charge on any atom is 0.416 e. The molecule has 0 bridgehead atoms. The van der Waals surface area contributed by atoms with Gasteiger partial charge >= 0.3 is 6.18 Å². The molecule has 0 N–H and O–H groups in total. The molecule has 1 aromatic carbocycles. The van der Waals surface area contributed by atoms with Crippen LogP contribution < -0.4 is 0 Å². The molecular formula is C11H12F3NO. The number of rotatable bonds is 3. The normalized spacial score (nSPS) is 12.7. The van der Waals surface area contributed by atoms with E-state index in [9.17, 15) is 13.2 Å². The number of oxime groups is 1. The Morgan fingerprint density at radius 1 is 1.38 bits per heavy atom. The number of benzene rings is 1. The monoisotopic (exact) mass is 231 g/mol. The summed E-state index contributed by atoms with van der Waals surface area (Å²) >= 11 is 0. The predicted octanol–water partition coefficient (Wildman–Crippen LogP) is 3.47. The van der Waals surface area contributed by atoms with Crippen LogP contribution in [0, 0.1) is 0 Å². The molecule has 0 unspecified atom stereocenters. The van der Waals surface area contributed by atoms with Crippen molar-refractivity contribution in [2.45, 2.75) is 19.5 Å². The minimum Gasteiger partial charge on any atom is -0.399 e. The first-order valence-corrected chi connectivity index (χ1v) is 4.76. The SMILES string of the molecule is CCC(=NOC)c1cccc(C(F)(F)F)c1. The van der Waals surface area contributed by atoms with Crippen LogP contribution in [0.3, 0.4) is 0 Å². The molecule has 0 amide bonds.